The van der Waals surface area contributed by atoms with Gasteiger partial charge in [-0.1, -0.05) is 0 Å². The Labute approximate surface area is 117 Å². The van der Waals surface area contributed by atoms with Crippen LogP contribution in [0.15, 0.2) is 0 Å². The highest BCUT2D eigenvalue weighted by atomic mass is 16.3. The van der Waals surface area contributed by atoms with Gasteiger partial charge in [-0.05, 0) is 51.4 Å². The molecule has 2 aliphatic carbocycles. The Bertz CT molecular complexity index is 398. The van der Waals surface area contributed by atoms with E-state index >= 15 is 0 Å². The van der Waals surface area contributed by atoms with Crippen LogP contribution in [0.25, 0.3) is 0 Å². The molecule has 2 heterocycles. The summed E-state index contributed by atoms with van der Waals surface area (Å²) >= 11 is 0. The molecule has 4 rings (SSSR count). The zero-order valence-corrected chi connectivity index (χ0v) is 12.6. The molecule has 0 radical (unpaired) electrons. The van der Waals surface area contributed by atoms with Crippen LogP contribution in [0.5, 0.6) is 0 Å². The van der Waals surface area contributed by atoms with Gasteiger partial charge in [-0.3, -0.25) is 4.90 Å². The maximum Gasteiger partial charge on any atom is 0.0819 e. The van der Waals surface area contributed by atoms with E-state index in [0.29, 0.717) is 23.4 Å². The average molecular weight is 264 g/mol. The normalized spacial score (nSPS) is 50.4. The molecule has 0 aromatic carbocycles. The van der Waals surface area contributed by atoms with Gasteiger partial charge >= 0.3 is 0 Å². The molecule has 1 N–H and O–H groups in total. The molecule has 0 aromatic heterocycles. The van der Waals surface area contributed by atoms with Gasteiger partial charge < -0.3 is 10.0 Å². The van der Waals surface area contributed by atoms with Crippen molar-refractivity contribution < 1.29 is 5.11 Å². The number of piperidine rings is 2. The maximum absolute atomic E-state index is 10.2. The van der Waals surface area contributed by atoms with Crippen molar-refractivity contribution in [3.05, 3.63) is 0 Å². The van der Waals surface area contributed by atoms with Crippen LogP contribution >= 0.6 is 0 Å². The smallest absolute Gasteiger partial charge is 0.0819 e. The molecule has 0 bridgehead atoms. The van der Waals surface area contributed by atoms with E-state index in [2.05, 4.69) is 30.6 Å². The first-order valence-corrected chi connectivity index (χ1v) is 8.12. The number of hydrogen-bond acceptors (Lipinski definition) is 3. The standard InChI is InChI=1S/C16H28N2O/c1-11(2)17-7-13-5-15(13,9-17)4-12(3)18-8-14-6-16(14,19)10-18/h11-14,19H,4-10H2,1-3H3/t12?,13?,14-,15?,16-/m1/s1. The van der Waals surface area contributed by atoms with Gasteiger partial charge in [0.05, 0.1) is 5.60 Å². The topological polar surface area (TPSA) is 26.7 Å². The third-order valence-electron chi connectivity index (χ3n) is 6.52. The predicted octanol–water partition coefficient (Wildman–Crippen LogP) is 1.56. The summed E-state index contributed by atoms with van der Waals surface area (Å²) in [6.45, 7) is 11.8. The summed E-state index contributed by atoms with van der Waals surface area (Å²) in [5, 5.41) is 10.2. The molecule has 4 aliphatic rings. The van der Waals surface area contributed by atoms with Crippen molar-refractivity contribution in [1.82, 2.24) is 9.80 Å². The van der Waals surface area contributed by atoms with E-state index in [1.54, 1.807) is 0 Å². The van der Waals surface area contributed by atoms with E-state index in [4.69, 9.17) is 0 Å². The Balaban J connectivity index is 1.35. The van der Waals surface area contributed by atoms with Gasteiger partial charge in [0.2, 0.25) is 0 Å². The monoisotopic (exact) mass is 264 g/mol. The molecule has 19 heavy (non-hydrogen) atoms. The quantitative estimate of drug-likeness (QED) is 0.835. The third kappa shape index (κ3) is 1.89. The Morgan fingerprint density at radius 2 is 1.79 bits per heavy atom. The number of nitrogens with zero attached hydrogens (tertiary/aromatic N) is 2. The highest BCUT2D eigenvalue weighted by Crippen LogP contribution is 2.61. The molecule has 2 saturated heterocycles. The fraction of sp³-hybridized carbons (Fsp3) is 1.00. The van der Waals surface area contributed by atoms with Gasteiger partial charge in [-0.25, -0.2) is 0 Å². The molecule has 4 fully saturated rings. The van der Waals surface area contributed by atoms with Crippen molar-refractivity contribution in [3.8, 4) is 0 Å². The molecule has 3 unspecified atom stereocenters. The number of hydrogen-bond donors (Lipinski definition) is 1. The zero-order chi connectivity index (χ0) is 13.4. The van der Waals surface area contributed by atoms with Gasteiger partial charge in [-0.15, -0.1) is 0 Å². The lowest BCUT2D eigenvalue weighted by atomic mass is 9.95. The van der Waals surface area contributed by atoms with E-state index in [0.717, 1.165) is 25.4 Å². The van der Waals surface area contributed by atoms with Crippen molar-refractivity contribution in [2.45, 2.75) is 57.7 Å². The fourth-order valence-electron chi connectivity index (χ4n) is 4.89. The Morgan fingerprint density at radius 3 is 2.37 bits per heavy atom. The lowest BCUT2D eigenvalue weighted by Gasteiger charge is -2.31. The Hall–Kier alpha value is -0.120. The highest BCUT2D eigenvalue weighted by Gasteiger charge is 2.62. The lowest BCUT2D eigenvalue weighted by molar-refractivity contribution is 0.105. The first-order valence-electron chi connectivity index (χ1n) is 8.12. The molecule has 108 valence electrons. The van der Waals surface area contributed by atoms with Gasteiger partial charge in [-0.2, -0.15) is 0 Å². The second-order valence-corrected chi connectivity index (χ2v) is 8.27. The summed E-state index contributed by atoms with van der Waals surface area (Å²) in [6.07, 6.45) is 3.87. The number of aliphatic hydroxyl groups is 1. The average Bonchev–Trinajstić information content (AvgIpc) is 3.08. The van der Waals surface area contributed by atoms with Gasteiger partial charge in [0, 0.05) is 44.2 Å². The van der Waals surface area contributed by atoms with Crippen LogP contribution in [-0.4, -0.2) is 58.8 Å². The number of β-amino-alcohol motifs (C(OH)–C–C–N with tert-alkyl or cyclic N) is 1. The Morgan fingerprint density at radius 1 is 1.05 bits per heavy atom. The number of likely N-dealkylation sites (tertiary alicyclic amines) is 2. The molecule has 0 amide bonds. The van der Waals surface area contributed by atoms with E-state index in [9.17, 15) is 5.11 Å². The molecular weight excluding hydrogens is 236 g/mol. The number of rotatable bonds is 4. The minimum Gasteiger partial charge on any atom is -0.388 e. The van der Waals surface area contributed by atoms with Crippen LogP contribution < -0.4 is 0 Å². The zero-order valence-electron chi connectivity index (χ0n) is 12.6. The summed E-state index contributed by atoms with van der Waals surface area (Å²) in [4.78, 5) is 5.21. The van der Waals surface area contributed by atoms with Crippen LogP contribution in [0.3, 0.4) is 0 Å². The van der Waals surface area contributed by atoms with Crippen LogP contribution in [0, 0.1) is 17.3 Å². The van der Waals surface area contributed by atoms with Crippen LogP contribution in [-0.2, 0) is 0 Å². The van der Waals surface area contributed by atoms with E-state index in [1.807, 2.05) is 0 Å². The van der Waals surface area contributed by atoms with E-state index in [1.165, 1.54) is 25.9 Å². The summed E-state index contributed by atoms with van der Waals surface area (Å²) in [7, 11) is 0. The molecule has 2 saturated carbocycles. The summed E-state index contributed by atoms with van der Waals surface area (Å²) < 4.78 is 0. The minimum atomic E-state index is -0.283. The van der Waals surface area contributed by atoms with Crippen molar-refractivity contribution in [1.29, 1.82) is 0 Å². The first kappa shape index (κ1) is 12.6. The molecule has 0 aromatic rings. The van der Waals surface area contributed by atoms with Crippen molar-refractivity contribution in [2.75, 3.05) is 26.2 Å². The predicted molar refractivity (Wildman–Crippen MR) is 76.0 cm³/mol. The van der Waals surface area contributed by atoms with Crippen LogP contribution in [0.2, 0.25) is 0 Å². The van der Waals surface area contributed by atoms with Crippen LogP contribution in [0.4, 0.5) is 0 Å². The maximum atomic E-state index is 10.2. The fourth-order valence-corrected chi connectivity index (χ4v) is 4.89. The summed E-state index contributed by atoms with van der Waals surface area (Å²) in [5.41, 5.74) is 0.355. The molecular formula is C16H28N2O. The molecule has 0 spiro atoms. The highest BCUT2D eigenvalue weighted by molar-refractivity contribution is 5.15. The summed E-state index contributed by atoms with van der Waals surface area (Å²) in [5.74, 6) is 1.57. The molecule has 5 atom stereocenters. The van der Waals surface area contributed by atoms with Gasteiger partial charge in [0.1, 0.15) is 0 Å². The minimum absolute atomic E-state index is 0.283. The lowest BCUT2D eigenvalue weighted by Crippen LogP contribution is -2.38. The first-order chi connectivity index (χ1) is 8.92. The second-order valence-electron chi connectivity index (χ2n) is 8.27. The van der Waals surface area contributed by atoms with Crippen molar-refractivity contribution in [2.24, 2.45) is 17.3 Å². The van der Waals surface area contributed by atoms with Gasteiger partial charge in [0.25, 0.3) is 0 Å². The molecule has 2 aliphatic heterocycles. The molecule has 3 nitrogen and oxygen atoms in total. The van der Waals surface area contributed by atoms with Crippen molar-refractivity contribution in [3.63, 3.8) is 0 Å². The van der Waals surface area contributed by atoms with E-state index < -0.39 is 0 Å². The SMILES string of the molecule is CC(C)N1CC2CC2(CC(C)N2C[C@H]3C[C@@]3(O)C2)C1. The van der Waals surface area contributed by atoms with E-state index in [-0.39, 0.29) is 5.60 Å². The third-order valence-corrected chi connectivity index (χ3v) is 6.52. The van der Waals surface area contributed by atoms with Crippen LogP contribution in [0.1, 0.15) is 40.0 Å². The largest absolute Gasteiger partial charge is 0.388 e. The molecule has 3 heteroatoms. The number of fused-ring (bicyclic) bond motifs is 2. The summed E-state index contributed by atoms with van der Waals surface area (Å²) in [6, 6.07) is 1.37. The Kier molecular flexibility index (Phi) is 2.49. The van der Waals surface area contributed by atoms with Crippen molar-refractivity contribution >= 4 is 0 Å². The second kappa shape index (κ2) is 3.75. The van der Waals surface area contributed by atoms with Gasteiger partial charge in [0.15, 0.2) is 0 Å².